The summed E-state index contributed by atoms with van der Waals surface area (Å²) in [4.78, 5) is 2.42. The summed E-state index contributed by atoms with van der Waals surface area (Å²) in [6.07, 6.45) is 1.07. The number of hydrogen-bond acceptors (Lipinski definition) is 4. The maximum Gasteiger partial charge on any atom is 0.124 e. The van der Waals surface area contributed by atoms with Gasteiger partial charge >= 0.3 is 0 Å². The Kier molecular flexibility index (Phi) is 8.37. The molecule has 1 aliphatic heterocycles. The van der Waals surface area contributed by atoms with Crippen molar-refractivity contribution in [3.63, 3.8) is 0 Å². The molecule has 1 fully saturated rings. The van der Waals surface area contributed by atoms with E-state index in [1.165, 1.54) is 12.1 Å². The van der Waals surface area contributed by atoms with Crippen LogP contribution in [-0.4, -0.2) is 44.3 Å². The predicted molar refractivity (Wildman–Crippen MR) is 111 cm³/mol. The molecule has 2 aromatic carbocycles. The Morgan fingerprint density at radius 2 is 1.89 bits per heavy atom. The van der Waals surface area contributed by atoms with Crippen molar-refractivity contribution in [2.24, 2.45) is 0 Å². The lowest BCUT2D eigenvalue weighted by Gasteiger charge is -2.26. The maximum absolute atomic E-state index is 13.2. The lowest BCUT2D eigenvalue weighted by atomic mass is 10.2. The first-order chi connectivity index (χ1) is 13.6. The second-order valence-corrected chi connectivity index (χ2v) is 7.60. The van der Waals surface area contributed by atoms with Crippen molar-refractivity contribution >= 4 is 23.2 Å². The Morgan fingerprint density at radius 1 is 1.07 bits per heavy atom. The molecule has 152 valence electrons. The van der Waals surface area contributed by atoms with E-state index in [2.05, 4.69) is 10.2 Å². The number of hydrogen-bond donors (Lipinski definition) is 1. The third-order valence-corrected chi connectivity index (χ3v) is 5.25. The fraction of sp³-hybridized carbons (Fsp3) is 0.429. The smallest absolute Gasteiger partial charge is 0.124 e. The van der Waals surface area contributed by atoms with E-state index in [1.807, 2.05) is 12.1 Å². The summed E-state index contributed by atoms with van der Waals surface area (Å²) < 4.78 is 24.5. The van der Waals surface area contributed by atoms with Gasteiger partial charge in [0.2, 0.25) is 0 Å². The molecular formula is C21H25Cl2FN2O2. The Morgan fingerprint density at radius 3 is 2.68 bits per heavy atom. The van der Waals surface area contributed by atoms with Crippen molar-refractivity contribution < 1.29 is 13.9 Å². The Labute approximate surface area is 175 Å². The van der Waals surface area contributed by atoms with Gasteiger partial charge in [0.1, 0.15) is 18.2 Å². The van der Waals surface area contributed by atoms with Gasteiger partial charge in [0.05, 0.1) is 18.2 Å². The fourth-order valence-electron chi connectivity index (χ4n) is 3.10. The molecule has 7 heteroatoms. The zero-order valence-electron chi connectivity index (χ0n) is 15.7. The van der Waals surface area contributed by atoms with Crippen LogP contribution in [0.1, 0.15) is 17.5 Å². The average molecular weight is 427 g/mol. The molecule has 0 spiro atoms. The van der Waals surface area contributed by atoms with Crippen LogP contribution in [0.4, 0.5) is 4.39 Å². The number of nitrogens with zero attached hydrogens (tertiary/aromatic N) is 1. The Balaban J connectivity index is 1.49. The number of halogens is 3. The fourth-order valence-corrected chi connectivity index (χ4v) is 3.51. The molecule has 0 bridgehead atoms. The minimum Gasteiger partial charge on any atom is -0.489 e. The molecule has 0 unspecified atom stereocenters. The van der Waals surface area contributed by atoms with Crippen LogP contribution >= 0.6 is 23.2 Å². The van der Waals surface area contributed by atoms with Crippen molar-refractivity contribution in [2.45, 2.75) is 19.6 Å². The van der Waals surface area contributed by atoms with Crippen LogP contribution in [-0.2, 0) is 17.9 Å². The van der Waals surface area contributed by atoms with Gasteiger partial charge in [-0.15, -0.1) is 0 Å². The van der Waals surface area contributed by atoms with Crippen molar-refractivity contribution in [3.8, 4) is 5.75 Å². The highest BCUT2D eigenvalue weighted by Gasteiger charge is 2.10. The summed E-state index contributed by atoms with van der Waals surface area (Å²) in [5.74, 6) is 0.382. The average Bonchev–Trinajstić information content (AvgIpc) is 2.69. The largest absolute Gasteiger partial charge is 0.489 e. The third kappa shape index (κ3) is 6.61. The van der Waals surface area contributed by atoms with Gasteiger partial charge in [-0.2, -0.15) is 0 Å². The first-order valence-electron chi connectivity index (χ1n) is 9.48. The molecule has 1 N–H and O–H groups in total. The number of benzene rings is 2. The van der Waals surface area contributed by atoms with E-state index in [9.17, 15) is 4.39 Å². The van der Waals surface area contributed by atoms with E-state index in [1.54, 1.807) is 12.1 Å². The summed E-state index contributed by atoms with van der Waals surface area (Å²) in [6.45, 7) is 6.59. The highest BCUT2D eigenvalue weighted by molar-refractivity contribution is 6.31. The quantitative estimate of drug-likeness (QED) is 0.597. The molecular weight excluding hydrogens is 402 g/mol. The van der Waals surface area contributed by atoms with E-state index < -0.39 is 0 Å². The van der Waals surface area contributed by atoms with Crippen LogP contribution in [0.3, 0.4) is 0 Å². The van der Waals surface area contributed by atoms with Crippen LogP contribution in [0, 0.1) is 5.82 Å². The number of morpholine rings is 1. The molecule has 1 aliphatic rings. The predicted octanol–water partition coefficient (Wildman–Crippen LogP) is 4.52. The van der Waals surface area contributed by atoms with Crippen molar-refractivity contribution in [3.05, 3.63) is 63.4 Å². The van der Waals surface area contributed by atoms with Crippen LogP contribution in [0.5, 0.6) is 5.75 Å². The van der Waals surface area contributed by atoms with E-state index in [0.717, 1.165) is 62.7 Å². The lowest BCUT2D eigenvalue weighted by molar-refractivity contribution is 0.0374. The SMILES string of the molecule is Fc1ccc(COc2ccc(Cl)cc2CNCCCN2CCOCC2)c(Cl)c1. The standard InChI is InChI=1S/C21H25Cl2FN2O2/c22-18-3-5-21(28-15-16-2-4-19(24)13-20(16)23)17(12-18)14-25-6-1-7-26-8-10-27-11-9-26/h2-5,12-13,25H,1,6-11,14-15H2. The molecule has 0 aliphatic carbocycles. The second-order valence-electron chi connectivity index (χ2n) is 6.76. The zero-order valence-corrected chi connectivity index (χ0v) is 17.2. The van der Waals surface area contributed by atoms with Crippen LogP contribution < -0.4 is 10.1 Å². The van der Waals surface area contributed by atoms with Crippen LogP contribution in [0.15, 0.2) is 36.4 Å². The molecule has 1 saturated heterocycles. The zero-order chi connectivity index (χ0) is 19.8. The first kappa shape index (κ1) is 21.3. The second kappa shape index (κ2) is 11.0. The van der Waals surface area contributed by atoms with Gasteiger partial charge in [-0.1, -0.05) is 29.3 Å². The summed E-state index contributed by atoms with van der Waals surface area (Å²) in [6, 6.07) is 9.85. The molecule has 1 heterocycles. The van der Waals surface area contributed by atoms with Crippen molar-refractivity contribution in [1.29, 1.82) is 0 Å². The highest BCUT2D eigenvalue weighted by atomic mass is 35.5. The minimum atomic E-state index is -0.359. The Hall–Kier alpha value is -1.37. The monoisotopic (exact) mass is 426 g/mol. The number of rotatable bonds is 9. The van der Waals surface area contributed by atoms with E-state index in [0.29, 0.717) is 16.6 Å². The van der Waals surface area contributed by atoms with Crippen molar-refractivity contribution in [2.75, 3.05) is 39.4 Å². The lowest BCUT2D eigenvalue weighted by Crippen LogP contribution is -2.37. The van der Waals surface area contributed by atoms with Gasteiger partial charge in [0.15, 0.2) is 0 Å². The molecule has 3 rings (SSSR count). The molecule has 0 amide bonds. The molecule has 0 radical (unpaired) electrons. The van der Waals surface area contributed by atoms with Gasteiger partial charge in [-0.25, -0.2) is 4.39 Å². The molecule has 2 aromatic rings. The molecule has 0 saturated carbocycles. The summed E-state index contributed by atoms with van der Waals surface area (Å²) in [5.41, 5.74) is 1.72. The molecule has 28 heavy (non-hydrogen) atoms. The van der Waals surface area contributed by atoms with Gasteiger partial charge < -0.3 is 14.8 Å². The van der Waals surface area contributed by atoms with Gasteiger partial charge in [0, 0.05) is 35.8 Å². The van der Waals surface area contributed by atoms with Gasteiger partial charge in [-0.3, -0.25) is 4.90 Å². The third-order valence-electron chi connectivity index (χ3n) is 4.67. The first-order valence-corrected chi connectivity index (χ1v) is 10.2. The summed E-state index contributed by atoms with van der Waals surface area (Å²) in [7, 11) is 0. The minimum absolute atomic E-state index is 0.269. The Bertz CT molecular complexity index is 770. The number of nitrogens with one attached hydrogen (secondary N) is 1. The molecule has 0 atom stereocenters. The van der Waals surface area contributed by atoms with Gasteiger partial charge in [0.25, 0.3) is 0 Å². The molecule has 4 nitrogen and oxygen atoms in total. The van der Waals surface area contributed by atoms with Crippen LogP contribution in [0.2, 0.25) is 10.0 Å². The summed E-state index contributed by atoms with van der Waals surface area (Å²) >= 11 is 12.2. The maximum atomic E-state index is 13.2. The van der Waals surface area contributed by atoms with Crippen molar-refractivity contribution in [1.82, 2.24) is 10.2 Å². The van der Waals surface area contributed by atoms with Crippen LogP contribution in [0.25, 0.3) is 0 Å². The number of ether oxygens (including phenoxy) is 2. The topological polar surface area (TPSA) is 33.7 Å². The van der Waals surface area contributed by atoms with E-state index in [4.69, 9.17) is 32.7 Å². The summed E-state index contributed by atoms with van der Waals surface area (Å²) in [5, 5.41) is 4.48. The van der Waals surface area contributed by atoms with E-state index in [-0.39, 0.29) is 12.4 Å². The molecule has 0 aromatic heterocycles. The normalized spacial score (nSPS) is 15.0. The highest BCUT2D eigenvalue weighted by Crippen LogP contribution is 2.25. The van der Waals surface area contributed by atoms with E-state index >= 15 is 0 Å². The van der Waals surface area contributed by atoms with Gasteiger partial charge in [-0.05, 0) is 49.8 Å².